The van der Waals surface area contributed by atoms with Crippen molar-refractivity contribution in [2.75, 3.05) is 32.1 Å². The number of carboxylic acid groups (broad SMARTS) is 1. The molecule has 0 aliphatic heterocycles. The first-order chi connectivity index (χ1) is 9.77. The molecule has 1 aromatic rings. The molecule has 0 aliphatic rings. The quantitative estimate of drug-likeness (QED) is 0.612. The van der Waals surface area contributed by atoms with Crippen LogP contribution in [0.25, 0.3) is 0 Å². The van der Waals surface area contributed by atoms with Crippen LogP contribution in [0.2, 0.25) is 0 Å². The Hall–Kier alpha value is -2.15. The Balaban J connectivity index is 3.30. The van der Waals surface area contributed by atoms with Crippen molar-refractivity contribution in [2.45, 2.75) is 19.9 Å². The molecule has 0 aromatic heterocycles. The van der Waals surface area contributed by atoms with Crippen molar-refractivity contribution in [3.05, 3.63) is 33.9 Å². The fourth-order valence-corrected chi connectivity index (χ4v) is 2.40. The average molecular weight is 295 g/mol. The summed E-state index contributed by atoms with van der Waals surface area (Å²) in [5.41, 5.74) is 0.354. The predicted octanol–water partition coefficient (Wildman–Crippen LogP) is 2.07. The predicted molar refractivity (Wildman–Crippen MR) is 81.1 cm³/mol. The third kappa shape index (κ3) is 4.16. The van der Waals surface area contributed by atoms with Gasteiger partial charge in [0.05, 0.1) is 16.2 Å². The highest BCUT2D eigenvalue weighted by Crippen LogP contribution is 2.28. The first-order valence-electron chi connectivity index (χ1n) is 6.71. The molecule has 1 aromatic carbocycles. The molecular formula is C14H21N3O4. The fraction of sp³-hybridized carbons (Fsp3) is 0.500. The van der Waals surface area contributed by atoms with E-state index in [2.05, 4.69) is 0 Å². The van der Waals surface area contributed by atoms with Crippen molar-refractivity contribution in [1.29, 1.82) is 0 Å². The average Bonchev–Trinajstić information content (AvgIpc) is 2.38. The molecule has 0 spiro atoms. The summed E-state index contributed by atoms with van der Waals surface area (Å²) in [7, 11) is 3.85. The number of nitrogens with zero attached hydrogens (tertiary/aromatic N) is 3. The van der Waals surface area contributed by atoms with Crippen LogP contribution < -0.4 is 4.90 Å². The van der Waals surface area contributed by atoms with Gasteiger partial charge in [-0.3, -0.25) is 10.1 Å². The van der Waals surface area contributed by atoms with Gasteiger partial charge in [-0.15, -0.1) is 0 Å². The molecule has 0 heterocycles. The first kappa shape index (κ1) is 16.9. The molecule has 116 valence electrons. The number of carbonyl (C=O) groups is 1. The monoisotopic (exact) mass is 295 g/mol. The highest BCUT2D eigenvalue weighted by atomic mass is 16.6. The van der Waals surface area contributed by atoms with Gasteiger partial charge in [-0.2, -0.15) is 0 Å². The maximum atomic E-state index is 11.4. The second-order valence-corrected chi connectivity index (χ2v) is 5.16. The Labute approximate surface area is 123 Å². The zero-order chi connectivity index (χ0) is 16.2. The van der Waals surface area contributed by atoms with Gasteiger partial charge in [0.25, 0.3) is 5.69 Å². The van der Waals surface area contributed by atoms with E-state index in [-0.39, 0.29) is 17.3 Å². The highest BCUT2D eigenvalue weighted by Gasteiger charge is 2.22. The Kier molecular flexibility index (Phi) is 5.66. The lowest BCUT2D eigenvalue weighted by atomic mass is 10.1. The Bertz CT molecular complexity index is 531. The molecule has 0 saturated heterocycles. The lowest BCUT2D eigenvalue weighted by Crippen LogP contribution is -2.40. The molecule has 1 atom stereocenters. The van der Waals surface area contributed by atoms with E-state index >= 15 is 0 Å². The van der Waals surface area contributed by atoms with Gasteiger partial charge in [0, 0.05) is 31.3 Å². The van der Waals surface area contributed by atoms with Crippen LogP contribution in [0.4, 0.5) is 11.4 Å². The van der Waals surface area contributed by atoms with Crippen molar-refractivity contribution >= 4 is 17.3 Å². The molecule has 7 heteroatoms. The summed E-state index contributed by atoms with van der Waals surface area (Å²) in [4.78, 5) is 25.6. The second kappa shape index (κ2) is 7.03. The molecule has 0 aliphatic carbocycles. The molecule has 7 nitrogen and oxygen atoms in total. The number of hydrogen-bond donors (Lipinski definition) is 1. The van der Waals surface area contributed by atoms with Crippen LogP contribution >= 0.6 is 0 Å². The first-order valence-corrected chi connectivity index (χ1v) is 6.71. The smallest absolute Gasteiger partial charge is 0.337 e. The number of hydrogen-bond acceptors (Lipinski definition) is 5. The molecule has 1 rings (SSSR count). The number of nitro groups is 1. The van der Waals surface area contributed by atoms with Crippen LogP contribution in [0, 0.1) is 10.1 Å². The van der Waals surface area contributed by atoms with Crippen LogP contribution in [0.1, 0.15) is 24.2 Å². The number of carboxylic acids is 1. The van der Waals surface area contributed by atoms with Crippen molar-refractivity contribution in [3.63, 3.8) is 0 Å². The number of benzene rings is 1. The van der Waals surface area contributed by atoms with Gasteiger partial charge in [0.2, 0.25) is 0 Å². The molecule has 0 amide bonds. The summed E-state index contributed by atoms with van der Waals surface area (Å²) in [6, 6.07) is 3.88. The maximum Gasteiger partial charge on any atom is 0.337 e. The van der Waals surface area contributed by atoms with E-state index in [4.69, 9.17) is 0 Å². The molecule has 0 saturated carbocycles. The van der Waals surface area contributed by atoms with E-state index in [0.29, 0.717) is 12.2 Å². The summed E-state index contributed by atoms with van der Waals surface area (Å²) in [6.07, 6.45) is 0. The van der Waals surface area contributed by atoms with Crippen molar-refractivity contribution in [1.82, 2.24) is 4.90 Å². The van der Waals surface area contributed by atoms with Crippen LogP contribution in [0.3, 0.4) is 0 Å². The number of likely N-dealkylation sites (N-methyl/N-ethyl adjacent to an activating group) is 2. The summed E-state index contributed by atoms with van der Waals surface area (Å²) < 4.78 is 0. The van der Waals surface area contributed by atoms with Gasteiger partial charge >= 0.3 is 5.97 Å². The standard InChI is InChI=1S/C14H21N3O4/c1-5-16(10(2)9-15(3)4)13-8-11(17(20)21)6-7-12(13)14(18)19/h6-8,10H,5,9H2,1-4H3,(H,18,19). The molecule has 21 heavy (non-hydrogen) atoms. The van der Waals surface area contributed by atoms with Crippen LogP contribution in [0.5, 0.6) is 0 Å². The number of rotatable bonds is 7. The van der Waals surface area contributed by atoms with Crippen LogP contribution in [-0.4, -0.2) is 54.1 Å². The van der Waals surface area contributed by atoms with E-state index in [9.17, 15) is 20.0 Å². The fourth-order valence-electron chi connectivity index (χ4n) is 2.40. The molecule has 0 fully saturated rings. The SMILES string of the molecule is CCN(c1cc([N+](=O)[O-])ccc1C(=O)O)C(C)CN(C)C. The summed E-state index contributed by atoms with van der Waals surface area (Å²) >= 11 is 0. The van der Waals surface area contributed by atoms with E-state index in [1.807, 2.05) is 37.7 Å². The normalized spacial score (nSPS) is 12.2. The Morgan fingerprint density at radius 1 is 1.43 bits per heavy atom. The number of non-ortho nitro benzene ring substituents is 1. The minimum atomic E-state index is -1.09. The van der Waals surface area contributed by atoms with Gasteiger partial charge in [0.1, 0.15) is 0 Å². The van der Waals surface area contributed by atoms with Crippen molar-refractivity contribution in [3.8, 4) is 0 Å². The number of aromatic carboxylic acids is 1. The lowest BCUT2D eigenvalue weighted by molar-refractivity contribution is -0.384. The zero-order valence-electron chi connectivity index (χ0n) is 12.7. The minimum Gasteiger partial charge on any atom is -0.478 e. The number of nitro benzene ring substituents is 1. The van der Waals surface area contributed by atoms with Gasteiger partial charge in [-0.05, 0) is 34.0 Å². The molecular weight excluding hydrogens is 274 g/mol. The lowest BCUT2D eigenvalue weighted by Gasteiger charge is -2.32. The second-order valence-electron chi connectivity index (χ2n) is 5.16. The molecule has 1 N–H and O–H groups in total. The Morgan fingerprint density at radius 2 is 2.05 bits per heavy atom. The molecule has 1 unspecified atom stereocenters. The third-order valence-electron chi connectivity index (χ3n) is 3.23. The van der Waals surface area contributed by atoms with E-state index in [1.165, 1.54) is 18.2 Å². The van der Waals surface area contributed by atoms with Crippen molar-refractivity contribution in [2.24, 2.45) is 0 Å². The van der Waals surface area contributed by atoms with Crippen LogP contribution in [-0.2, 0) is 0 Å². The summed E-state index contributed by atoms with van der Waals surface area (Å²) in [5.74, 6) is -1.09. The highest BCUT2D eigenvalue weighted by molar-refractivity contribution is 5.95. The van der Waals surface area contributed by atoms with Gasteiger partial charge < -0.3 is 14.9 Å². The van der Waals surface area contributed by atoms with E-state index < -0.39 is 10.9 Å². The largest absolute Gasteiger partial charge is 0.478 e. The summed E-state index contributed by atoms with van der Waals surface area (Å²) in [6.45, 7) is 5.15. The van der Waals surface area contributed by atoms with Gasteiger partial charge in [-0.1, -0.05) is 0 Å². The zero-order valence-corrected chi connectivity index (χ0v) is 12.7. The summed E-state index contributed by atoms with van der Waals surface area (Å²) in [5, 5.41) is 20.2. The van der Waals surface area contributed by atoms with Crippen molar-refractivity contribution < 1.29 is 14.8 Å². The molecule has 0 bridgehead atoms. The van der Waals surface area contributed by atoms with Gasteiger partial charge in [-0.25, -0.2) is 4.79 Å². The maximum absolute atomic E-state index is 11.4. The third-order valence-corrected chi connectivity index (χ3v) is 3.23. The minimum absolute atomic E-state index is 0.0325. The Morgan fingerprint density at radius 3 is 2.48 bits per heavy atom. The molecule has 0 radical (unpaired) electrons. The number of anilines is 1. The van der Waals surface area contributed by atoms with E-state index in [1.54, 1.807) is 0 Å². The van der Waals surface area contributed by atoms with Crippen LogP contribution in [0.15, 0.2) is 18.2 Å². The van der Waals surface area contributed by atoms with E-state index in [0.717, 1.165) is 6.54 Å². The van der Waals surface area contributed by atoms with Gasteiger partial charge in [0.15, 0.2) is 0 Å². The topological polar surface area (TPSA) is 86.9 Å².